The van der Waals surface area contributed by atoms with Crippen LogP contribution in [0.5, 0.6) is 5.88 Å². The van der Waals surface area contributed by atoms with E-state index in [1.807, 2.05) is 29.6 Å². The number of H-pyrrole nitrogens is 2. The van der Waals surface area contributed by atoms with E-state index in [1.165, 1.54) is 0 Å². The third kappa shape index (κ3) is 2.78. The zero-order valence-electron chi connectivity index (χ0n) is 15.3. The van der Waals surface area contributed by atoms with Crippen LogP contribution >= 0.6 is 11.6 Å². The minimum Gasteiger partial charge on any atom is -0.494 e. The lowest BCUT2D eigenvalue weighted by molar-refractivity contribution is -0.690. The number of hydrogen-bond donors (Lipinski definition) is 4. The number of nitrogens with two attached hydrogens (primary N) is 1. The van der Waals surface area contributed by atoms with Crippen molar-refractivity contribution < 1.29 is 10.4 Å². The minimum atomic E-state index is -0.716. The predicted octanol–water partition coefficient (Wildman–Crippen LogP) is 1.57. The van der Waals surface area contributed by atoms with Crippen LogP contribution in [0, 0.1) is 0 Å². The second kappa shape index (κ2) is 6.65. The van der Waals surface area contributed by atoms with Crippen molar-refractivity contribution in [2.24, 2.45) is 0 Å². The molecule has 1 atom stereocenters. The quantitative estimate of drug-likeness (QED) is 0.403. The van der Waals surface area contributed by atoms with Crippen molar-refractivity contribution in [3.05, 3.63) is 91.2 Å². The topological polar surface area (TPSA) is 107 Å². The lowest BCUT2D eigenvalue weighted by atomic mass is 9.95. The summed E-state index contributed by atoms with van der Waals surface area (Å²) in [7, 11) is 0. The molecule has 5 rings (SSSR count). The van der Waals surface area contributed by atoms with Crippen LogP contribution in [0.4, 0.5) is 0 Å². The summed E-state index contributed by atoms with van der Waals surface area (Å²) < 4.78 is 1.08. The monoisotopic (exact) mass is 409 g/mol. The molecule has 2 aromatic carbocycles. The van der Waals surface area contributed by atoms with Gasteiger partial charge in [0.15, 0.2) is 6.04 Å². The first-order chi connectivity index (χ1) is 14.0. The van der Waals surface area contributed by atoms with E-state index in [2.05, 4.69) is 9.97 Å². The van der Waals surface area contributed by atoms with E-state index in [9.17, 15) is 14.7 Å². The number of fused-ring (bicyclic) bond motifs is 3. The summed E-state index contributed by atoms with van der Waals surface area (Å²) in [5.41, 5.74) is 2.19. The summed E-state index contributed by atoms with van der Waals surface area (Å²) in [4.78, 5) is 31.0. The van der Waals surface area contributed by atoms with Gasteiger partial charge < -0.3 is 15.4 Å². The van der Waals surface area contributed by atoms with E-state index in [1.54, 1.807) is 24.3 Å². The van der Waals surface area contributed by atoms with Crippen LogP contribution < -0.4 is 16.6 Å². The fourth-order valence-corrected chi connectivity index (χ4v) is 4.39. The van der Waals surface area contributed by atoms with Gasteiger partial charge in [0, 0.05) is 22.3 Å². The first-order valence-corrected chi connectivity index (χ1v) is 9.69. The van der Waals surface area contributed by atoms with Gasteiger partial charge in [-0.2, -0.15) is 0 Å². The van der Waals surface area contributed by atoms with Crippen LogP contribution in [0.2, 0.25) is 5.02 Å². The number of aromatic hydroxyl groups is 1. The number of hydrogen-bond acceptors (Lipinski definition) is 3. The Kier molecular flexibility index (Phi) is 4.08. The lowest BCUT2D eigenvalue weighted by Gasteiger charge is -2.22. The number of aromatic amines is 2. The van der Waals surface area contributed by atoms with Crippen LogP contribution in [-0.2, 0) is 6.42 Å². The SMILES string of the molecule is O=c1[nH]c(=O)n(-c2cccc(Cl)c2)c(O)c1[C@@H]1[NH2+]CCc2c1[nH]c1ccccc21. The number of nitrogens with one attached hydrogen (secondary N) is 2. The molecular formula is C21H18ClN4O3+. The van der Waals surface area contributed by atoms with E-state index in [-0.39, 0.29) is 11.4 Å². The number of quaternary nitrogens is 1. The highest BCUT2D eigenvalue weighted by atomic mass is 35.5. The van der Waals surface area contributed by atoms with Crippen molar-refractivity contribution in [2.75, 3.05) is 6.54 Å². The lowest BCUT2D eigenvalue weighted by Crippen LogP contribution is -2.87. The molecule has 4 aromatic rings. The number of benzene rings is 2. The Balaban J connectivity index is 1.75. The van der Waals surface area contributed by atoms with Crippen molar-refractivity contribution in [1.82, 2.24) is 14.5 Å². The summed E-state index contributed by atoms with van der Waals surface area (Å²) in [5, 5.41) is 14.5. The molecule has 0 aliphatic carbocycles. The molecular weight excluding hydrogens is 392 g/mol. The second-order valence-electron chi connectivity index (χ2n) is 7.13. The van der Waals surface area contributed by atoms with Crippen molar-refractivity contribution >= 4 is 22.5 Å². The average Bonchev–Trinajstić information content (AvgIpc) is 3.07. The summed E-state index contributed by atoms with van der Waals surface area (Å²) in [6.45, 7) is 0.759. The van der Waals surface area contributed by atoms with Gasteiger partial charge in [-0.15, -0.1) is 0 Å². The maximum absolute atomic E-state index is 12.7. The molecule has 29 heavy (non-hydrogen) atoms. The molecule has 0 radical (unpaired) electrons. The maximum atomic E-state index is 12.7. The van der Waals surface area contributed by atoms with Crippen LogP contribution in [0.3, 0.4) is 0 Å². The van der Waals surface area contributed by atoms with Gasteiger partial charge in [0.25, 0.3) is 5.56 Å². The van der Waals surface area contributed by atoms with Gasteiger partial charge in [-0.3, -0.25) is 9.78 Å². The number of nitrogens with zero attached hydrogens (tertiary/aromatic N) is 1. The third-order valence-corrected chi connectivity index (χ3v) is 5.69. The third-order valence-electron chi connectivity index (χ3n) is 5.45. The molecule has 7 nitrogen and oxygen atoms in total. The molecule has 0 amide bonds. The summed E-state index contributed by atoms with van der Waals surface area (Å²) >= 11 is 6.05. The van der Waals surface area contributed by atoms with E-state index >= 15 is 0 Å². The standard InChI is InChI=1S/C21H17ClN4O3/c22-11-4-3-5-12(10-11)26-20(28)16(19(27)25-21(26)29)18-17-14(8-9-23-18)13-6-1-2-7-15(13)24-17/h1-7,10,18,23-24,28H,8-9H2,(H,25,27,29)/p+1/t18-/m0/s1. The van der Waals surface area contributed by atoms with Gasteiger partial charge in [0.05, 0.1) is 17.9 Å². The van der Waals surface area contributed by atoms with Gasteiger partial charge in [-0.1, -0.05) is 35.9 Å². The molecule has 0 fully saturated rings. The van der Waals surface area contributed by atoms with Gasteiger partial charge in [0.2, 0.25) is 5.88 Å². The number of para-hydroxylation sites is 1. The molecule has 3 heterocycles. The first kappa shape index (κ1) is 17.8. The highest BCUT2D eigenvalue weighted by molar-refractivity contribution is 6.30. The summed E-state index contributed by atoms with van der Waals surface area (Å²) in [6, 6.07) is 14.1. The van der Waals surface area contributed by atoms with Crippen LogP contribution in [0.15, 0.2) is 58.1 Å². The molecule has 0 bridgehead atoms. The smallest absolute Gasteiger partial charge is 0.335 e. The van der Waals surface area contributed by atoms with Crippen LogP contribution in [-0.4, -0.2) is 26.2 Å². The summed E-state index contributed by atoms with van der Waals surface area (Å²) in [6.07, 6.45) is 0.850. The molecule has 0 unspecified atom stereocenters. The zero-order valence-corrected chi connectivity index (χ0v) is 16.0. The Bertz CT molecular complexity index is 1370. The Morgan fingerprint density at radius 2 is 1.93 bits per heavy atom. The highest BCUT2D eigenvalue weighted by Gasteiger charge is 2.34. The molecule has 0 saturated heterocycles. The van der Waals surface area contributed by atoms with Crippen molar-refractivity contribution in [2.45, 2.75) is 12.5 Å². The molecule has 2 aromatic heterocycles. The zero-order chi connectivity index (χ0) is 20.1. The molecule has 146 valence electrons. The Morgan fingerprint density at radius 1 is 1.10 bits per heavy atom. The molecule has 8 heteroatoms. The molecule has 1 aliphatic heterocycles. The number of aromatic nitrogens is 3. The largest absolute Gasteiger partial charge is 0.494 e. The van der Waals surface area contributed by atoms with E-state index in [0.29, 0.717) is 10.7 Å². The van der Waals surface area contributed by atoms with Crippen molar-refractivity contribution in [1.29, 1.82) is 0 Å². The van der Waals surface area contributed by atoms with Gasteiger partial charge in [0.1, 0.15) is 5.56 Å². The normalized spacial score (nSPS) is 16.1. The van der Waals surface area contributed by atoms with E-state index in [4.69, 9.17) is 11.6 Å². The van der Waals surface area contributed by atoms with Gasteiger partial charge in [-0.25, -0.2) is 9.36 Å². The van der Waals surface area contributed by atoms with Crippen LogP contribution in [0.25, 0.3) is 16.6 Å². The van der Waals surface area contributed by atoms with E-state index in [0.717, 1.165) is 39.7 Å². The fourth-order valence-electron chi connectivity index (χ4n) is 4.20. The highest BCUT2D eigenvalue weighted by Crippen LogP contribution is 2.32. The Labute approximate surface area is 169 Å². The van der Waals surface area contributed by atoms with Crippen LogP contribution in [0.1, 0.15) is 22.9 Å². The number of rotatable bonds is 2. The maximum Gasteiger partial charge on any atom is 0.335 e. The Hall–Kier alpha value is -3.29. The fraction of sp³-hybridized carbons (Fsp3) is 0.143. The molecule has 5 N–H and O–H groups in total. The Morgan fingerprint density at radius 3 is 2.76 bits per heavy atom. The van der Waals surface area contributed by atoms with Gasteiger partial charge >= 0.3 is 5.69 Å². The van der Waals surface area contributed by atoms with Crippen molar-refractivity contribution in [3.8, 4) is 11.6 Å². The van der Waals surface area contributed by atoms with Crippen molar-refractivity contribution in [3.63, 3.8) is 0 Å². The number of halogens is 1. The second-order valence-corrected chi connectivity index (χ2v) is 7.56. The summed E-state index contributed by atoms with van der Waals surface area (Å²) in [5.74, 6) is -0.381. The van der Waals surface area contributed by atoms with E-state index < -0.39 is 17.3 Å². The first-order valence-electron chi connectivity index (χ1n) is 9.31. The average molecular weight is 410 g/mol. The molecule has 0 saturated carbocycles. The molecule has 0 spiro atoms. The van der Waals surface area contributed by atoms with Gasteiger partial charge in [-0.05, 0) is 29.8 Å². The minimum absolute atomic E-state index is 0.136. The predicted molar refractivity (Wildman–Crippen MR) is 110 cm³/mol. The molecule has 1 aliphatic rings.